The molecule has 1 heterocycles. The molecule has 0 saturated carbocycles. The molecule has 0 aliphatic carbocycles. The molecule has 0 aliphatic rings. The molecule has 0 spiro atoms. The smallest absolute Gasteiger partial charge is 0.279 e. The van der Waals surface area contributed by atoms with Crippen LogP contribution in [0.25, 0.3) is 11.1 Å². The van der Waals surface area contributed by atoms with Crippen LogP contribution in [0.5, 0.6) is 0 Å². The fraction of sp³-hybridized carbons (Fsp3) is 0.375. The highest BCUT2D eigenvalue weighted by atomic mass is 19.3. The fourth-order valence-electron chi connectivity index (χ4n) is 4.62. The molecule has 38 heavy (non-hydrogen) atoms. The van der Waals surface area contributed by atoms with Gasteiger partial charge in [-0.3, -0.25) is 4.57 Å². The second kappa shape index (κ2) is 10.7. The number of aryl methyl sites for hydroxylation is 3. The molecule has 0 fully saturated rings. The van der Waals surface area contributed by atoms with Crippen LogP contribution in [0, 0.1) is 13.8 Å². The molecular formula is C32H37F2N3O. The highest BCUT2D eigenvalue weighted by Gasteiger charge is 2.32. The van der Waals surface area contributed by atoms with E-state index in [1.54, 1.807) is 12.1 Å². The second-order valence-corrected chi connectivity index (χ2v) is 11.1. The number of alkyl halides is 2. The van der Waals surface area contributed by atoms with Gasteiger partial charge in [-0.05, 0) is 59.6 Å². The summed E-state index contributed by atoms with van der Waals surface area (Å²) in [5, 5.41) is 4.45. The van der Waals surface area contributed by atoms with E-state index in [1.807, 2.05) is 45.0 Å². The van der Waals surface area contributed by atoms with Crippen LogP contribution in [-0.2, 0) is 30.8 Å². The van der Waals surface area contributed by atoms with Crippen molar-refractivity contribution in [3.05, 3.63) is 111 Å². The molecule has 4 rings (SSSR count). The first-order chi connectivity index (χ1) is 17.9. The fourth-order valence-corrected chi connectivity index (χ4v) is 4.62. The van der Waals surface area contributed by atoms with Crippen molar-refractivity contribution in [2.45, 2.75) is 78.8 Å². The van der Waals surface area contributed by atoms with Crippen molar-refractivity contribution in [1.82, 2.24) is 14.3 Å². The van der Waals surface area contributed by atoms with E-state index in [0.29, 0.717) is 18.9 Å². The molecule has 0 aliphatic heterocycles. The average Bonchev–Trinajstić information content (AvgIpc) is 3.18. The van der Waals surface area contributed by atoms with E-state index >= 15 is 8.78 Å². The predicted molar refractivity (Wildman–Crippen MR) is 150 cm³/mol. The van der Waals surface area contributed by atoms with Crippen molar-refractivity contribution in [2.24, 2.45) is 0 Å². The topological polar surface area (TPSA) is 39.8 Å². The van der Waals surface area contributed by atoms with Gasteiger partial charge in [0.15, 0.2) is 0 Å². The maximum atomic E-state index is 15.2. The van der Waals surface area contributed by atoms with Crippen LogP contribution in [0.3, 0.4) is 0 Å². The summed E-state index contributed by atoms with van der Waals surface area (Å²) in [5.41, 5.74) is 6.16. The van der Waals surface area contributed by atoms with Gasteiger partial charge in [-0.1, -0.05) is 87.5 Å². The van der Waals surface area contributed by atoms with E-state index in [2.05, 4.69) is 44.1 Å². The first kappa shape index (κ1) is 27.5. The number of aromatic nitrogens is 3. The summed E-state index contributed by atoms with van der Waals surface area (Å²) < 4.78 is 33.3. The van der Waals surface area contributed by atoms with Gasteiger partial charge >= 0.3 is 5.69 Å². The van der Waals surface area contributed by atoms with E-state index in [0.717, 1.165) is 16.7 Å². The molecule has 3 aromatic carbocycles. The lowest BCUT2D eigenvalue weighted by Crippen LogP contribution is -2.25. The maximum Gasteiger partial charge on any atom is 0.346 e. The van der Waals surface area contributed by atoms with Crippen LogP contribution in [0.2, 0.25) is 0 Å². The Morgan fingerprint density at radius 3 is 2.00 bits per heavy atom. The van der Waals surface area contributed by atoms with Gasteiger partial charge in [0.05, 0.1) is 6.54 Å². The monoisotopic (exact) mass is 517 g/mol. The normalized spacial score (nSPS) is 12.2. The highest BCUT2D eigenvalue weighted by Crippen LogP contribution is 2.34. The third-order valence-electron chi connectivity index (χ3n) is 7.28. The van der Waals surface area contributed by atoms with Crippen LogP contribution < -0.4 is 5.69 Å². The van der Waals surface area contributed by atoms with Gasteiger partial charge in [0.2, 0.25) is 0 Å². The van der Waals surface area contributed by atoms with Crippen LogP contribution in [0.15, 0.2) is 71.5 Å². The van der Waals surface area contributed by atoms with Gasteiger partial charge in [-0.25, -0.2) is 18.3 Å². The summed E-state index contributed by atoms with van der Waals surface area (Å²) in [6.45, 7) is 13.1. The van der Waals surface area contributed by atoms with Crippen LogP contribution in [-0.4, -0.2) is 14.3 Å². The Bertz CT molecular complexity index is 1460. The SMILES string of the molecule is CCn1c(CCC(F)(F)c2ccc(-c3ccc(C)c(C)c3)cc2)nn(Cc2ccc(C(C)(C)C)cc2)c1=O. The molecule has 1 aromatic heterocycles. The Kier molecular flexibility index (Phi) is 7.73. The third kappa shape index (κ3) is 5.95. The van der Waals surface area contributed by atoms with Crippen molar-refractivity contribution in [1.29, 1.82) is 0 Å². The molecule has 4 nitrogen and oxygen atoms in total. The van der Waals surface area contributed by atoms with Crippen LogP contribution >= 0.6 is 0 Å². The van der Waals surface area contributed by atoms with Crippen molar-refractivity contribution >= 4 is 0 Å². The van der Waals surface area contributed by atoms with E-state index in [9.17, 15) is 4.79 Å². The zero-order chi connectivity index (χ0) is 27.7. The Hall–Kier alpha value is -3.54. The van der Waals surface area contributed by atoms with E-state index < -0.39 is 12.3 Å². The minimum atomic E-state index is -3.04. The zero-order valence-electron chi connectivity index (χ0n) is 23.2. The molecule has 4 aromatic rings. The largest absolute Gasteiger partial charge is 0.346 e. The summed E-state index contributed by atoms with van der Waals surface area (Å²) in [7, 11) is 0. The molecule has 0 bridgehead atoms. The van der Waals surface area contributed by atoms with Gasteiger partial charge in [0, 0.05) is 24.9 Å². The lowest BCUT2D eigenvalue weighted by molar-refractivity contribution is -0.0137. The minimum Gasteiger partial charge on any atom is -0.279 e. The summed E-state index contributed by atoms with van der Waals surface area (Å²) in [6.07, 6.45) is -0.419. The van der Waals surface area contributed by atoms with Crippen LogP contribution in [0.1, 0.15) is 67.8 Å². The van der Waals surface area contributed by atoms with Crippen molar-refractivity contribution in [3.63, 3.8) is 0 Å². The second-order valence-electron chi connectivity index (χ2n) is 11.1. The van der Waals surface area contributed by atoms with Gasteiger partial charge < -0.3 is 0 Å². The van der Waals surface area contributed by atoms with Gasteiger partial charge in [-0.2, -0.15) is 5.10 Å². The summed E-state index contributed by atoms with van der Waals surface area (Å²) >= 11 is 0. The summed E-state index contributed by atoms with van der Waals surface area (Å²) in [5.74, 6) is -2.65. The lowest BCUT2D eigenvalue weighted by Gasteiger charge is -2.19. The van der Waals surface area contributed by atoms with Gasteiger partial charge in [-0.15, -0.1) is 0 Å². The molecule has 0 atom stereocenters. The number of rotatable bonds is 8. The molecule has 200 valence electrons. The minimum absolute atomic E-state index is 0.00491. The standard InChI is InChI=1S/C32H37F2N3O/c1-7-36-29(35-37(30(36)38)21-24-9-14-27(15-10-24)31(4,5)6)18-19-32(33,34)28-16-12-25(13-17-28)26-11-8-22(2)23(3)20-26/h8-17,20H,7,18-19,21H2,1-6H3. The van der Waals surface area contributed by atoms with Gasteiger partial charge in [0.1, 0.15) is 5.82 Å². The Balaban J connectivity index is 1.48. The van der Waals surface area contributed by atoms with E-state index in [1.165, 1.54) is 38.1 Å². The van der Waals surface area contributed by atoms with E-state index in [-0.39, 0.29) is 23.1 Å². The maximum absolute atomic E-state index is 15.2. The van der Waals surface area contributed by atoms with E-state index in [4.69, 9.17) is 0 Å². The number of benzene rings is 3. The number of hydrogen-bond donors (Lipinski definition) is 0. The quantitative estimate of drug-likeness (QED) is 0.244. The summed E-state index contributed by atoms with van der Waals surface area (Å²) in [4.78, 5) is 12.9. The van der Waals surface area contributed by atoms with Crippen molar-refractivity contribution < 1.29 is 8.78 Å². The third-order valence-corrected chi connectivity index (χ3v) is 7.28. The molecule has 0 amide bonds. The lowest BCUT2D eigenvalue weighted by atomic mass is 9.87. The zero-order valence-corrected chi connectivity index (χ0v) is 23.2. The van der Waals surface area contributed by atoms with Crippen LogP contribution in [0.4, 0.5) is 8.78 Å². The first-order valence-corrected chi connectivity index (χ1v) is 13.2. The van der Waals surface area contributed by atoms with Crippen molar-refractivity contribution in [2.75, 3.05) is 0 Å². The summed E-state index contributed by atoms with van der Waals surface area (Å²) in [6, 6.07) is 20.7. The highest BCUT2D eigenvalue weighted by molar-refractivity contribution is 5.65. The molecule has 0 radical (unpaired) electrons. The Labute approximate surface area is 224 Å². The molecule has 0 unspecified atom stereocenters. The number of hydrogen-bond acceptors (Lipinski definition) is 2. The van der Waals surface area contributed by atoms with Gasteiger partial charge in [0.25, 0.3) is 5.92 Å². The molecular weight excluding hydrogens is 480 g/mol. The first-order valence-electron chi connectivity index (χ1n) is 13.2. The average molecular weight is 518 g/mol. The number of nitrogens with zero attached hydrogens (tertiary/aromatic N) is 3. The van der Waals surface area contributed by atoms with Crippen molar-refractivity contribution in [3.8, 4) is 11.1 Å². The Morgan fingerprint density at radius 2 is 1.42 bits per heavy atom. The molecule has 0 N–H and O–H groups in total. The predicted octanol–water partition coefficient (Wildman–Crippen LogP) is 7.42. The Morgan fingerprint density at radius 1 is 0.816 bits per heavy atom. The molecule has 6 heteroatoms. The number of halogens is 2. The molecule has 0 saturated heterocycles.